The van der Waals surface area contributed by atoms with Crippen LogP contribution in [-0.4, -0.2) is 62.9 Å². The highest BCUT2D eigenvalue weighted by molar-refractivity contribution is 7.89. The van der Waals surface area contributed by atoms with Crippen LogP contribution >= 0.6 is 0 Å². The molecule has 2 rings (SSSR count). The van der Waals surface area contributed by atoms with E-state index in [9.17, 15) is 8.42 Å². The second-order valence-electron chi connectivity index (χ2n) is 5.70. The lowest BCUT2D eigenvalue weighted by atomic mass is 10.3. The lowest BCUT2D eigenvalue weighted by molar-refractivity contribution is 0.407. The van der Waals surface area contributed by atoms with Crippen LogP contribution in [0.25, 0.3) is 0 Å². The number of hydrogen-bond acceptors (Lipinski definition) is 5. The fraction of sp³-hybridized carbons (Fsp3) is 0.769. The molecule has 1 aliphatic heterocycles. The van der Waals surface area contributed by atoms with Crippen molar-refractivity contribution < 1.29 is 8.42 Å². The van der Waals surface area contributed by atoms with E-state index >= 15 is 0 Å². The summed E-state index contributed by atoms with van der Waals surface area (Å²) in [4.78, 5) is 2.46. The molecule has 1 aromatic rings. The summed E-state index contributed by atoms with van der Waals surface area (Å²) in [6.07, 6.45) is 0.849. The third-order valence-corrected chi connectivity index (χ3v) is 5.64. The molecule has 21 heavy (non-hydrogen) atoms. The molecular weight excluding hydrogens is 290 g/mol. The average molecular weight is 315 g/mol. The number of aromatic nitrogens is 2. The topological polar surface area (TPSA) is 79.3 Å². The summed E-state index contributed by atoms with van der Waals surface area (Å²) in [7, 11) is 0.350. The molecule has 0 radical (unpaired) electrons. The van der Waals surface area contributed by atoms with Crippen molar-refractivity contribution in [2.75, 3.05) is 33.7 Å². The van der Waals surface area contributed by atoms with E-state index in [0.29, 0.717) is 22.8 Å². The van der Waals surface area contributed by atoms with Gasteiger partial charge in [-0.15, -0.1) is 0 Å². The first-order chi connectivity index (χ1) is 9.85. The highest BCUT2D eigenvalue weighted by Crippen LogP contribution is 2.20. The molecule has 120 valence electrons. The van der Waals surface area contributed by atoms with E-state index in [2.05, 4.69) is 20.0 Å². The lowest BCUT2D eigenvalue weighted by Crippen LogP contribution is -2.37. The van der Waals surface area contributed by atoms with Gasteiger partial charge in [0.25, 0.3) is 0 Å². The molecule has 0 aliphatic carbocycles. The van der Waals surface area contributed by atoms with Crippen LogP contribution in [0.4, 0.5) is 0 Å². The number of sulfonamides is 1. The minimum absolute atomic E-state index is 0.0144. The van der Waals surface area contributed by atoms with E-state index in [1.54, 1.807) is 11.6 Å². The Bertz CT molecular complexity index is 596. The van der Waals surface area contributed by atoms with Gasteiger partial charge in [0.2, 0.25) is 10.0 Å². The van der Waals surface area contributed by atoms with Gasteiger partial charge in [0.15, 0.2) is 0 Å². The average Bonchev–Trinajstić information content (AvgIpc) is 2.90. The Labute approximate surface area is 126 Å². The molecule has 1 saturated heterocycles. The Morgan fingerprint density at radius 1 is 1.38 bits per heavy atom. The molecule has 8 heteroatoms. The predicted molar refractivity (Wildman–Crippen MR) is 81.9 cm³/mol. The van der Waals surface area contributed by atoms with E-state index in [-0.39, 0.29) is 6.04 Å². The summed E-state index contributed by atoms with van der Waals surface area (Å²) in [6.45, 7) is 6.65. The van der Waals surface area contributed by atoms with Gasteiger partial charge in [0, 0.05) is 19.1 Å². The first-order valence-electron chi connectivity index (χ1n) is 7.24. The Hall–Kier alpha value is -0.960. The van der Waals surface area contributed by atoms with Crippen LogP contribution in [-0.2, 0) is 16.6 Å². The van der Waals surface area contributed by atoms with Gasteiger partial charge in [0.05, 0.1) is 17.9 Å². The van der Waals surface area contributed by atoms with Crippen molar-refractivity contribution in [3.63, 3.8) is 0 Å². The maximum atomic E-state index is 12.6. The number of rotatable bonds is 6. The Morgan fingerprint density at radius 3 is 2.67 bits per heavy atom. The molecule has 0 aromatic carbocycles. The number of likely N-dealkylation sites (tertiary alicyclic amines) is 1. The van der Waals surface area contributed by atoms with Gasteiger partial charge in [-0.2, -0.15) is 5.10 Å². The Morgan fingerprint density at radius 2 is 2.10 bits per heavy atom. The number of aryl methyl sites for hydroxylation is 1. The molecule has 1 aromatic heterocycles. The van der Waals surface area contributed by atoms with Crippen LogP contribution in [0.3, 0.4) is 0 Å². The van der Waals surface area contributed by atoms with E-state index in [1.165, 1.54) is 0 Å². The molecule has 1 fully saturated rings. The van der Waals surface area contributed by atoms with Crippen molar-refractivity contribution in [3.05, 3.63) is 11.4 Å². The van der Waals surface area contributed by atoms with Gasteiger partial charge in [-0.1, -0.05) is 0 Å². The third kappa shape index (κ3) is 3.63. The SMILES string of the molecule is CNCCn1nc(C)c(S(=O)(=O)NC2CCN(C)C2)c1C. The maximum Gasteiger partial charge on any atom is 0.244 e. The standard InChI is InChI=1S/C13H25N5O2S/c1-10-13(11(2)18(15-10)8-6-14-3)21(19,20)16-12-5-7-17(4)9-12/h12,14,16H,5-9H2,1-4H3. The molecular formula is C13H25N5O2S. The summed E-state index contributed by atoms with van der Waals surface area (Å²) < 4.78 is 29.8. The van der Waals surface area contributed by atoms with E-state index in [4.69, 9.17) is 0 Å². The molecule has 0 amide bonds. The Balaban J connectivity index is 2.21. The smallest absolute Gasteiger partial charge is 0.244 e. The largest absolute Gasteiger partial charge is 0.318 e. The summed E-state index contributed by atoms with van der Waals surface area (Å²) in [6, 6.07) is -0.0144. The highest BCUT2D eigenvalue weighted by Gasteiger charge is 2.29. The Kier molecular flexibility index (Phi) is 5.03. The van der Waals surface area contributed by atoms with Crippen molar-refractivity contribution in [2.45, 2.75) is 37.8 Å². The number of likely N-dealkylation sites (N-methyl/N-ethyl adjacent to an activating group) is 2. The van der Waals surface area contributed by atoms with Crippen LogP contribution in [0.2, 0.25) is 0 Å². The zero-order chi connectivity index (χ0) is 15.6. The molecule has 2 N–H and O–H groups in total. The van der Waals surface area contributed by atoms with Gasteiger partial charge < -0.3 is 10.2 Å². The van der Waals surface area contributed by atoms with Crippen LogP contribution in [0, 0.1) is 13.8 Å². The molecule has 0 bridgehead atoms. The third-order valence-electron chi connectivity index (χ3n) is 3.87. The first-order valence-corrected chi connectivity index (χ1v) is 8.73. The van der Waals surface area contributed by atoms with Crippen LogP contribution in [0.15, 0.2) is 4.90 Å². The van der Waals surface area contributed by atoms with Crippen molar-refractivity contribution in [1.29, 1.82) is 0 Å². The van der Waals surface area contributed by atoms with Crippen LogP contribution < -0.4 is 10.0 Å². The number of hydrogen-bond donors (Lipinski definition) is 2. The summed E-state index contributed by atoms with van der Waals surface area (Å²) in [5, 5.41) is 7.39. The molecule has 0 saturated carbocycles. The molecule has 1 atom stereocenters. The molecule has 1 aliphatic rings. The minimum atomic E-state index is -3.51. The summed E-state index contributed by atoms with van der Waals surface area (Å²) in [5.74, 6) is 0. The number of nitrogens with zero attached hydrogens (tertiary/aromatic N) is 3. The fourth-order valence-corrected chi connectivity index (χ4v) is 4.49. The summed E-state index contributed by atoms with van der Waals surface area (Å²) >= 11 is 0. The van der Waals surface area contributed by atoms with Gasteiger partial charge in [-0.25, -0.2) is 13.1 Å². The summed E-state index contributed by atoms with van der Waals surface area (Å²) in [5.41, 5.74) is 1.25. The second kappa shape index (κ2) is 6.43. The molecule has 1 unspecified atom stereocenters. The highest BCUT2D eigenvalue weighted by atomic mass is 32.2. The van der Waals surface area contributed by atoms with Gasteiger partial charge in [-0.3, -0.25) is 4.68 Å². The van der Waals surface area contributed by atoms with Crippen molar-refractivity contribution in [1.82, 2.24) is 24.7 Å². The van der Waals surface area contributed by atoms with Crippen molar-refractivity contribution >= 4 is 10.0 Å². The predicted octanol–water partition coefficient (Wildman–Crippen LogP) is -0.298. The van der Waals surface area contributed by atoms with Crippen molar-refractivity contribution in [3.8, 4) is 0 Å². The monoisotopic (exact) mass is 315 g/mol. The molecule has 7 nitrogen and oxygen atoms in total. The van der Waals surface area contributed by atoms with Gasteiger partial charge in [0.1, 0.15) is 4.90 Å². The van der Waals surface area contributed by atoms with Gasteiger partial charge >= 0.3 is 0 Å². The fourth-order valence-electron chi connectivity index (χ4n) is 2.81. The lowest BCUT2D eigenvalue weighted by Gasteiger charge is -2.13. The molecule has 0 spiro atoms. The van der Waals surface area contributed by atoms with Gasteiger partial charge in [-0.05, 0) is 40.9 Å². The van der Waals surface area contributed by atoms with E-state index < -0.39 is 10.0 Å². The van der Waals surface area contributed by atoms with E-state index in [0.717, 1.165) is 26.1 Å². The first kappa shape index (κ1) is 16.4. The zero-order valence-corrected chi connectivity index (χ0v) is 14.0. The molecule has 2 heterocycles. The van der Waals surface area contributed by atoms with Crippen molar-refractivity contribution in [2.24, 2.45) is 0 Å². The van der Waals surface area contributed by atoms with Crippen LogP contribution in [0.5, 0.6) is 0 Å². The normalized spacial score (nSPS) is 20.3. The number of nitrogens with one attached hydrogen (secondary N) is 2. The second-order valence-corrected chi connectivity index (χ2v) is 7.35. The zero-order valence-electron chi connectivity index (χ0n) is 13.2. The van der Waals surface area contributed by atoms with Crippen LogP contribution in [0.1, 0.15) is 17.8 Å². The van der Waals surface area contributed by atoms with E-state index in [1.807, 2.05) is 21.0 Å². The minimum Gasteiger partial charge on any atom is -0.318 e. The maximum absolute atomic E-state index is 12.6. The quantitative estimate of drug-likeness (QED) is 0.754.